The van der Waals surface area contributed by atoms with Crippen LogP contribution in [0.1, 0.15) is 28.3 Å². The Morgan fingerprint density at radius 3 is 2.21 bits per heavy atom. The van der Waals surface area contributed by atoms with Crippen LogP contribution in [0, 0.1) is 25.5 Å². The first-order chi connectivity index (χ1) is 9.02. The molecule has 1 atom stereocenters. The molecule has 0 amide bonds. The SMILES string of the molecule is Cc1ccc(C(NN)c2cc(C)c(F)cc2F)cc1. The molecule has 2 aromatic carbocycles. The molecule has 2 nitrogen and oxygen atoms in total. The summed E-state index contributed by atoms with van der Waals surface area (Å²) in [5, 5.41) is 0. The highest BCUT2D eigenvalue weighted by Crippen LogP contribution is 2.26. The Kier molecular flexibility index (Phi) is 3.93. The lowest BCUT2D eigenvalue weighted by atomic mass is 9.96. The molecule has 0 saturated heterocycles. The maximum absolute atomic E-state index is 13.9. The number of hydrogen-bond acceptors (Lipinski definition) is 2. The predicted octanol–water partition coefficient (Wildman–Crippen LogP) is 3.13. The first-order valence-corrected chi connectivity index (χ1v) is 6.01. The molecule has 0 bridgehead atoms. The highest BCUT2D eigenvalue weighted by atomic mass is 19.1. The summed E-state index contributed by atoms with van der Waals surface area (Å²) in [5.74, 6) is 4.36. The van der Waals surface area contributed by atoms with Crippen LogP contribution in [0.3, 0.4) is 0 Å². The third kappa shape index (κ3) is 2.80. The van der Waals surface area contributed by atoms with Crippen LogP contribution in [0.5, 0.6) is 0 Å². The summed E-state index contributed by atoms with van der Waals surface area (Å²) >= 11 is 0. The van der Waals surface area contributed by atoms with Crippen LogP contribution in [0.25, 0.3) is 0 Å². The summed E-state index contributed by atoms with van der Waals surface area (Å²) in [4.78, 5) is 0. The molecule has 0 radical (unpaired) electrons. The van der Waals surface area contributed by atoms with Crippen molar-refractivity contribution in [3.63, 3.8) is 0 Å². The Balaban J connectivity index is 2.47. The summed E-state index contributed by atoms with van der Waals surface area (Å²) in [6.07, 6.45) is 0. The molecule has 0 heterocycles. The van der Waals surface area contributed by atoms with E-state index in [1.807, 2.05) is 31.2 Å². The number of halogens is 2. The second-order valence-corrected chi connectivity index (χ2v) is 4.63. The Hall–Kier alpha value is -1.78. The lowest BCUT2D eigenvalue weighted by Gasteiger charge is -2.18. The zero-order chi connectivity index (χ0) is 14.0. The molecule has 4 heteroatoms. The van der Waals surface area contributed by atoms with E-state index in [4.69, 9.17) is 5.84 Å². The summed E-state index contributed by atoms with van der Waals surface area (Å²) in [7, 11) is 0. The molecule has 19 heavy (non-hydrogen) atoms. The summed E-state index contributed by atoms with van der Waals surface area (Å²) in [6, 6.07) is 9.47. The Labute approximate surface area is 111 Å². The van der Waals surface area contributed by atoms with Gasteiger partial charge in [-0.2, -0.15) is 0 Å². The van der Waals surface area contributed by atoms with Gasteiger partial charge in [0, 0.05) is 11.6 Å². The Morgan fingerprint density at radius 1 is 1.00 bits per heavy atom. The number of rotatable bonds is 3. The van der Waals surface area contributed by atoms with Gasteiger partial charge < -0.3 is 0 Å². The van der Waals surface area contributed by atoms with Crippen molar-refractivity contribution in [1.82, 2.24) is 5.43 Å². The summed E-state index contributed by atoms with van der Waals surface area (Å²) in [5.41, 5.74) is 5.25. The minimum atomic E-state index is -0.605. The third-order valence-corrected chi connectivity index (χ3v) is 3.17. The van der Waals surface area contributed by atoms with Crippen LogP contribution in [0.15, 0.2) is 36.4 Å². The van der Waals surface area contributed by atoms with Gasteiger partial charge in [0.25, 0.3) is 0 Å². The number of hydrogen-bond donors (Lipinski definition) is 2. The molecule has 100 valence electrons. The van der Waals surface area contributed by atoms with Crippen molar-refractivity contribution < 1.29 is 8.78 Å². The fourth-order valence-electron chi connectivity index (χ4n) is 2.03. The fraction of sp³-hybridized carbons (Fsp3) is 0.200. The molecule has 0 spiro atoms. The molecular weight excluding hydrogens is 246 g/mol. The normalized spacial score (nSPS) is 12.5. The van der Waals surface area contributed by atoms with Gasteiger partial charge in [0.05, 0.1) is 6.04 Å². The molecule has 3 N–H and O–H groups in total. The molecular formula is C15H16F2N2. The molecule has 0 aliphatic heterocycles. The van der Waals surface area contributed by atoms with Crippen LogP contribution in [-0.4, -0.2) is 0 Å². The fourth-order valence-corrected chi connectivity index (χ4v) is 2.03. The van der Waals surface area contributed by atoms with Gasteiger partial charge in [0.2, 0.25) is 0 Å². The van der Waals surface area contributed by atoms with Crippen molar-refractivity contribution in [3.05, 3.63) is 70.3 Å². The average Bonchev–Trinajstić information content (AvgIpc) is 2.38. The molecule has 1 unspecified atom stereocenters. The van der Waals surface area contributed by atoms with E-state index in [1.165, 1.54) is 6.07 Å². The zero-order valence-electron chi connectivity index (χ0n) is 10.9. The minimum Gasteiger partial charge on any atom is -0.271 e. The molecule has 2 aromatic rings. The van der Waals surface area contributed by atoms with Crippen molar-refractivity contribution in [2.75, 3.05) is 0 Å². The van der Waals surface area contributed by atoms with E-state index >= 15 is 0 Å². The van der Waals surface area contributed by atoms with Crippen LogP contribution in [0.4, 0.5) is 8.78 Å². The van der Waals surface area contributed by atoms with E-state index in [0.717, 1.165) is 17.2 Å². The molecule has 0 aliphatic carbocycles. The number of nitrogens with one attached hydrogen (secondary N) is 1. The number of nitrogens with two attached hydrogens (primary N) is 1. The maximum atomic E-state index is 13.9. The first-order valence-electron chi connectivity index (χ1n) is 6.01. The van der Waals surface area contributed by atoms with E-state index in [9.17, 15) is 8.78 Å². The van der Waals surface area contributed by atoms with Crippen LogP contribution >= 0.6 is 0 Å². The number of benzene rings is 2. The largest absolute Gasteiger partial charge is 0.271 e. The topological polar surface area (TPSA) is 38.0 Å². The van der Waals surface area contributed by atoms with Crippen LogP contribution in [0.2, 0.25) is 0 Å². The van der Waals surface area contributed by atoms with Gasteiger partial charge in [-0.3, -0.25) is 5.84 Å². The van der Waals surface area contributed by atoms with Gasteiger partial charge in [0.15, 0.2) is 0 Å². The van der Waals surface area contributed by atoms with Crippen molar-refractivity contribution >= 4 is 0 Å². The van der Waals surface area contributed by atoms with Crippen molar-refractivity contribution in [1.29, 1.82) is 0 Å². The van der Waals surface area contributed by atoms with E-state index < -0.39 is 17.7 Å². The van der Waals surface area contributed by atoms with Gasteiger partial charge in [-0.1, -0.05) is 29.8 Å². The van der Waals surface area contributed by atoms with E-state index in [2.05, 4.69) is 5.43 Å². The van der Waals surface area contributed by atoms with E-state index in [0.29, 0.717) is 11.1 Å². The minimum absolute atomic E-state index is 0.338. The van der Waals surface area contributed by atoms with Gasteiger partial charge in [0.1, 0.15) is 11.6 Å². The quantitative estimate of drug-likeness (QED) is 0.658. The molecule has 0 fully saturated rings. The monoisotopic (exact) mass is 262 g/mol. The van der Waals surface area contributed by atoms with Gasteiger partial charge in [-0.15, -0.1) is 0 Å². The summed E-state index contributed by atoms with van der Waals surface area (Å²) in [6.45, 7) is 3.57. The molecule has 0 saturated carbocycles. The third-order valence-electron chi connectivity index (χ3n) is 3.17. The number of hydrazine groups is 1. The number of aryl methyl sites for hydroxylation is 2. The highest BCUT2D eigenvalue weighted by molar-refractivity contribution is 5.36. The standard InChI is InChI=1S/C15H16F2N2/c1-9-3-5-11(6-4-9)15(19-18)12-7-10(2)13(16)8-14(12)17/h3-8,15,19H,18H2,1-2H3. The van der Waals surface area contributed by atoms with Crippen molar-refractivity contribution in [2.45, 2.75) is 19.9 Å². The lowest BCUT2D eigenvalue weighted by molar-refractivity contribution is 0.538. The Bertz CT molecular complexity index is 579. The van der Waals surface area contributed by atoms with Gasteiger partial charge in [-0.05, 0) is 31.0 Å². The van der Waals surface area contributed by atoms with Crippen molar-refractivity contribution in [3.8, 4) is 0 Å². The molecule has 0 aliphatic rings. The maximum Gasteiger partial charge on any atom is 0.131 e. The smallest absolute Gasteiger partial charge is 0.131 e. The highest BCUT2D eigenvalue weighted by Gasteiger charge is 2.18. The molecule has 0 aromatic heterocycles. The second kappa shape index (κ2) is 5.47. The van der Waals surface area contributed by atoms with Gasteiger partial charge in [-0.25, -0.2) is 14.2 Å². The van der Waals surface area contributed by atoms with Crippen LogP contribution in [-0.2, 0) is 0 Å². The van der Waals surface area contributed by atoms with Crippen molar-refractivity contribution in [2.24, 2.45) is 5.84 Å². The first kappa shape index (κ1) is 13.6. The predicted molar refractivity (Wildman–Crippen MR) is 71.4 cm³/mol. The zero-order valence-corrected chi connectivity index (χ0v) is 10.9. The second-order valence-electron chi connectivity index (χ2n) is 4.63. The van der Waals surface area contributed by atoms with E-state index in [-0.39, 0.29) is 0 Å². The average molecular weight is 262 g/mol. The molecule has 2 rings (SSSR count). The summed E-state index contributed by atoms with van der Waals surface area (Å²) < 4.78 is 27.2. The van der Waals surface area contributed by atoms with Crippen LogP contribution < -0.4 is 11.3 Å². The van der Waals surface area contributed by atoms with E-state index in [1.54, 1.807) is 6.92 Å². The lowest BCUT2D eigenvalue weighted by Crippen LogP contribution is -2.29. The Morgan fingerprint density at radius 2 is 1.63 bits per heavy atom. The van der Waals surface area contributed by atoms with Gasteiger partial charge >= 0.3 is 0 Å².